The van der Waals surface area contributed by atoms with Gasteiger partial charge >= 0.3 is 0 Å². The van der Waals surface area contributed by atoms with Crippen molar-refractivity contribution >= 4 is 0 Å². The van der Waals surface area contributed by atoms with E-state index in [1.165, 1.54) is 0 Å². The standard InChI is InChI=1S/C16H25NO3/c1-11-5-6-15(19-4)13(9-11)14(18)10-17-16(3)7-8-20-12(16)2/h5-6,9,12,14,17-18H,7-8,10H2,1-4H3. The van der Waals surface area contributed by atoms with Crippen LogP contribution in [0.5, 0.6) is 5.75 Å². The Hall–Kier alpha value is -1.10. The Bertz CT molecular complexity index is 463. The minimum Gasteiger partial charge on any atom is -0.496 e. The van der Waals surface area contributed by atoms with Crippen LogP contribution < -0.4 is 10.1 Å². The third kappa shape index (κ3) is 3.14. The number of rotatable bonds is 5. The van der Waals surface area contributed by atoms with E-state index in [1.54, 1.807) is 7.11 Å². The minimum atomic E-state index is -0.588. The largest absolute Gasteiger partial charge is 0.496 e. The Labute approximate surface area is 121 Å². The fourth-order valence-electron chi connectivity index (χ4n) is 2.62. The quantitative estimate of drug-likeness (QED) is 0.867. The summed E-state index contributed by atoms with van der Waals surface area (Å²) in [4.78, 5) is 0. The normalized spacial score (nSPS) is 27.6. The highest BCUT2D eigenvalue weighted by Gasteiger charge is 2.36. The summed E-state index contributed by atoms with van der Waals surface area (Å²) in [6.07, 6.45) is 0.537. The molecule has 0 amide bonds. The predicted octanol–water partition coefficient (Wildman–Crippen LogP) is 2.19. The zero-order valence-electron chi connectivity index (χ0n) is 12.8. The van der Waals surface area contributed by atoms with Crippen LogP contribution in [0.1, 0.15) is 37.5 Å². The van der Waals surface area contributed by atoms with Crippen LogP contribution >= 0.6 is 0 Å². The molecule has 0 bridgehead atoms. The maximum Gasteiger partial charge on any atom is 0.124 e. The van der Waals surface area contributed by atoms with E-state index in [-0.39, 0.29) is 11.6 Å². The molecular formula is C16H25NO3. The van der Waals surface area contributed by atoms with Crippen molar-refractivity contribution in [2.75, 3.05) is 20.3 Å². The highest BCUT2D eigenvalue weighted by atomic mass is 16.5. The van der Waals surface area contributed by atoms with Crippen molar-refractivity contribution in [2.24, 2.45) is 0 Å². The summed E-state index contributed by atoms with van der Waals surface area (Å²) in [5.41, 5.74) is 1.87. The van der Waals surface area contributed by atoms with Gasteiger partial charge in [-0.1, -0.05) is 11.6 Å². The molecule has 1 aliphatic rings. The molecule has 1 saturated heterocycles. The average Bonchev–Trinajstić information content (AvgIpc) is 2.76. The van der Waals surface area contributed by atoms with Crippen LogP contribution in [-0.4, -0.2) is 37.0 Å². The number of hydrogen-bond donors (Lipinski definition) is 2. The van der Waals surface area contributed by atoms with Gasteiger partial charge in [-0.2, -0.15) is 0 Å². The molecule has 0 spiro atoms. The lowest BCUT2D eigenvalue weighted by Crippen LogP contribution is -2.49. The van der Waals surface area contributed by atoms with Crippen LogP contribution in [0.3, 0.4) is 0 Å². The molecular weight excluding hydrogens is 254 g/mol. The smallest absolute Gasteiger partial charge is 0.124 e. The van der Waals surface area contributed by atoms with E-state index in [4.69, 9.17) is 9.47 Å². The van der Waals surface area contributed by atoms with Gasteiger partial charge in [0.1, 0.15) is 5.75 Å². The van der Waals surface area contributed by atoms with Crippen molar-refractivity contribution in [2.45, 2.75) is 44.9 Å². The summed E-state index contributed by atoms with van der Waals surface area (Å²) in [5.74, 6) is 0.728. The van der Waals surface area contributed by atoms with Gasteiger partial charge in [-0.25, -0.2) is 0 Å². The molecule has 4 heteroatoms. The summed E-state index contributed by atoms with van der Waals surface area (Å²) in [6.45, 7) is 7.49. The number of methoxy groups -OCH3 is 1. The van der Waals surface area contributed by atoms with Crippen molar-refractivity contribution in [3.05, 3.63) is 29.3 Å². The average molecular weight is 279 g/mol. The molecule has 1 aliphatic heterocycles. The van der Waals surface area contributed by atoms with Crippen LogP contribution in [0.4, 0.5) is 0 Å². The van der Waals surface area contributed by atoms with Gasteiger partial charge < -0.3 is 19.9 Å². The van der Waals surface area contributed by atoms with Gasteiger partial charge in [0.25, 0.3) is 0 Å². The summed E-state index contributed by atoms with van der Waals surface area (Å²) in [7, 11) is 1.63. The summed E-state index contributed by atoms with van der Waals surface area (Å²) >= 11 is 0. The molecule has 3 atom stereocenters. The van der Waals surface area contributed by atoms with Crippen molar-refractivity contribution in [1.29, 1.82) is 0 Å². The molecule has 2 rings (SSSR count). The lowest BCUT2D eigenvalue weighted by atomic mass is 9.94. The maximum absolute atomic E-state index is 10.4. The van der Waals surface area contributed by atoms with Crippen molar-refractivity contribution in [1.82, 2.24) is 5.32 Å². The molecule has 1 aromatic rings. The number of aryl methyl sites for hydroxylation is 1. The summed E-state index contributed by atoms with van der Waals surface area (Å²) in [6, 6.07) is 5.86. The summed E-state index contributed by atoms with van der Waals surface area (Å²) in [5, 5.41) is 13.9. The van der Waals surface area contributed by atoms with Gasteiger partial charge in [-0.05, 0) is 39.3 Å². The van der Waals surface area contributed by atoms with Gasteiger partial charge in [0.2, 0.25) is 0 Å². The van der Waals surface area contributed by atoms with Gasteiger partial charge in [-0.3, -0.25) is 0 Å². The van der Waals surface area contributed by atoms with Crippen molar-refractivity contribution in [3.63, 3.8) is 0 Å². The highest BCUT2D eigenvalue weighted by molar-refractivity contribution is 5.38. The number of ether oxygens (including phenoxy) is 2. The molecule has 0 saturated carbocycles. The van der Waals surface area contributed by atoms with Gasteiger partial charge in [0.15, 0.2) is 0 Å². The second-order valence-electron chi connectivity index (χ2n) is 5.82. The highest BCUT2D eigenvalue weighted by Crippen LogP contribution is 2.29. The van der Waals surface area contributed by atoms with Gasteiger partial charge in [-0.15, -0.1) is 0 Å². The third-order valence-corrected chi connectivity index (χ3v) is 4.33. The molecule has 0 aromatic heterocycles. The zero-order chi connectivity index (χ0) is 14.8. The van der Waals surface area contributed by atoms with E-state index < -0.39 is 6.10 Å². The Kier molecular flexibility index (Phi) is 4.68. The van der Waals surface area contributed by atoms with Crippen LogP contribution in [0.2, 0.25) is 0 Å². The van der Waals surface area contributed by atoms with E-state index in [9.17, 15) is 5.11 Å². The lowest BCUT2D eigenvalue weighted by Gasteiger charge is -2.30. The van der Waals surface area contributed by atoms with Gasteiger partial charge in [0.05, 0.1) is 19.3 Å². The van der Waals surface area contributed by atoms with Crippen LogP contribution in [0, 0.1) is 6.92 Å². The number of aliphatic hydroxyl groups excluding tert-OH is 1. The van der Waals surface area contributed by atoms with Gasteiger partial charge in [0, 0.05) is 24.3 Å². The number of nitrogens with one attached hydrogen (secondary N) is 1. The molecule has 2 N–H and O–H groups in total. The zero-order valence-corrected chi connectivity index (χ0v) is 12.8. The maximum atomic E-state index is 10.4. The Balaban J connectivity index is 2.05. The topological polar surface area (TPSA) is 50.7 Å². The number of β-amino-alcohol motifs (C(OH)–C–C–N with tert-alkyl or cyclic N) is 1. The molecule has 1 fully saturated rings. The first-order valence-electron chi connectivity index (χ1n) is 7.15. The van der Waals surface area contributed by atoms with E-state index in [2.05, 4.69) is 19.2 Å². The number of hydrogen-bond acceptors (Lipinski definition) is 4. The van der Waals surface area contributed by atoms with E-state index in [0.29, 0.717) is 6.54 Å². The third-order valence-electron chi connectivity index (χ3n) is 4.33. The number of aliphatic hydroxyl groups is 1. The van der Waals surface area contributed by atoms with E-state index in [1.807, 2.05) is 25.1 Å². The Morgan fingerprint density at radius 2 is 2.30 bits per heavy atom. The molecule has 1 aromatic carbocycles. The molecule has 20 heavy (non-hydrogen) atoms. The number of benzene rings is 1. The Morgan fingerprint density at radius 3 is 2.90 bits per heavy atom. The lowest BCUT2D eigenvalue weighted by molar-refractivity contribution is 0.0797. The predicted molar refractivity (Wildman–Crippen MR) is 79.1 cm³/mol. The molecule has 112 valence electrons. The second-order valence-corrected chi connectivity index (χ2v) is 5.82. The van der Waals surface area contributed by atoms with E-state index >= 15 is 0 Å². The SMILES string of the molecule is COc1ccc(C)cc1C(O)CNC1(C)CCOC1C. The fourth-order valence-corrected chi connectivity index (χ4v) is 2.62. The fraction of sp³-hybridized carbons (Fsp3) is 0.625. The van der Waals surface area contributed by atoms with Crippen molar-refractivity contribution in [3.8, 4) is 5.75 Å². The molecule has 4 nitrogen and oxygen atoms in total. The van der Waals surface area contributed by atoms with E-state index in [0.717, 1.165) is 29.9 Å². The Morgan fingerprint density at radius 1 is 1.55 bits per heavy atom. The molecule has 0 radical (unpaired) electrons. The first-order chi connectivity index (χ1) is 9.46. The molecule has 3 unspecified atom stereocenters. The first kappa shape index (κ1) is 15.3. The second kappa shape index (κ2) is 6.12. The minimum absolute atomic E-state index is 0.0714. The monoisotopic (exact) mass is 279 g/mol. The summed E-state index contributed by atoms with van der Waals surface area (Å²) < 4.78 is 10.9. The van der Waals surface area contributed by atoms with Crippen LogP contribution in [-0.2, 0) is 4.74 Å². The molecule has 0 aliphatic carbocycles. The van der Waals surface area contributed by atoms with Crippen LogP contribution in [0.25, 0.3) is 0 Å². The first-order valence-corrected chi connectivity index (χ1v) is 7.15. The molecule has 1 heterocycles. The van der Waals surface area contributed by atoms with Crippen LogP contribution in [0.15, 0.2) is 18.2 Å². The van der Waals surface area contributed by atoms with Crippen molar-refractivity contribution < 1.29 is 14.6 Å².